The number of anilines is 1. The van der Waals surface area contributed by atoms with Gasteiger partial charge in [-0.3, -0.25) is 9.59 Å². The Labute approximate surface area is 153 Å². The highest BCUT2D eigenvalue weighted by Gasteiger charge is 2.29. The van der Waals surface area contributed by atoms with Crippen LogP contribution in [0.15, 0.2) is 41.8 Å². The summed E-state index contributed by atoms with van der Waals surface area (Å²) in [7, 11) is 0. The molecule has 1 aromatic heterocycles. The maximum Gasteiger partial charge on any atom is 0.263 e. The lowest BCUT2D eigenvalue weighted by molar-refractivity contribution is -0.121. The molecule has 1 N–H and O–H groups in total. The molecule has 23 heavy (non-hydrogen) atoms. The summed E-state index contributed by atoms with van der Waals surface area (Å²) in [5, 5.41) is 4.87. The highest BCUT2D eigenvalue weighted by atomic mass is 127. The molecule has 120 valence electrons. The fourth-order valence-electron chi connectivity index (χ4n) is 2.74. The lowest BCUT2D eigenvalue weighted by Crippen LogP contribution is -2.43. The summed E-state index contributed by atoms with van der Waals surface area (Å²) in [6.07, 6.45) is 1.69. The van der Waals surface area contributed by atoms with Gasteiger partial charge in [0.25, 0.3) is 5.91 Å². The van der Waals surface area contributed by atoms with Gasteiger partial charge in [-0.25, -0.2) is 0 Å². The van der Waals surface area contributed by atoms with Gasteiger partial charge in [-0.05, 0) is 65.1 Å². The number of halogens is 1. The number of carbonyl (C=O) groups excluding carboxylic acids is 2. The maximum absolute atomic E-state index is 12.5. The Morgan fingerprint density at radius 3 is 2.87 bits per heavy atom. The van der Waals surface area contributed by atoms with E-state index in [-0.39, 0.29) is 17.7 Å². The van der Waals surface area contributed by atoms with Crippen molar-refractivity contribution in [3.63, 3.8) is 0 Å². The molecule has 3 rings (SSSR count). The van der Waals surface area contributed by atoms with Gasteiger partial charge in [-0.2, -0.15) is 0 Å². The maximum atomic E-state index is 12.5. The van der Waals surface area contributed by atoms with Gasteiger partial charge in [0.1, 0.15) is 0 Å². The number of amides is 2. The summed E-state index contributed by atoms with van der Waals surface area (Å²) in [6.45, 7) is 1.22. The first kappa shape index (κ1) is 16.4. The van der Waals surface area contributed by atoms with E-state index in [1.165, 1.54) is 11.3 Å². The van der Waals surface area contributed by atoms with Crippen LogP contribution in [0.5, 0.6) is 0 Å². The van der Waals surface area contributed by atoms with Crippen LogP contribution < -0.4 is 5.32 Å². The van der Waals surface area contributed by atoms with Crippen LogP contribution in [0.3, 0.4) is 0 Å². The SMILES string of the molecule is O=C(Nc1cccc(I)c1)C1CCCN(C(=O)c2cccs2)C1. The number of carbonyl (C=O) groups is 2. The molecule has 4 nitrogen and oxygen atoms in total. The van der Waals surface area contributed by atoms with Crippen LogP contribution in [0.4, 0.5) is 5.69 Å². The molecule has 0 radical (unpaired) electrons. The zero-order chi connectivity index (χ0) is 16.2. The predicted octanol–water partition coefficient (Wildman–Crippen LogP) is 3.84. The third kappa shape index (κ3) is 4.11. The monoisotopic (exact) mass is 440 g/mol. The number of hydrogen-bond donors (Lipinski definition) is 1. The smallest absolute Gasteiger partial charge is 0.263 e. The fourth-order valence-corrected chi connectivity index (χ4v) is 3.98. The summed E-state index contributed by atoms with van der Waals surface area (Å²) in [5.41, 5.74) is 0.809. The van der Waals surface area contributed by atoms with Crippen molar-refractivity contribution in [3.05, 3.63) is 50.2 Å². The fraction of sp³-hybridized carbons (Fsp3) is 0.294. The zero-order valence-electron chi connectivity index (χ0n) is 12.5. The standard InChI is InChI=1S/C17H17IN2O2S/c18-13-5-1-6-14(10-13)19-16(21)12-4-2-8-20(11-12)17(22)15-7-3-9-23-15/h1,3,5-7,9-10,12H,2,4,8,11H2,(H,19,21). The molecule has 1 fully saturated rings. The van der Waals surface area contributed by atoms with Crippen molar-refractivity contribution in [2.24, 2.45) is 5.92 Å². The van der Waals surface area contributed by atoms with Crippen molar-refractivity contribution < 1.29 is 9.59 Å². The molecular weight excluding hydrogens is 423 g/mol. The van der Waals surface area contributed by atoms with E-state index >= 15 is 0 Å². The van der Waals surface area contributed by atoms with Crippen molar-refractivity contribution in [2.75, 3.05) is 18.4 Å². The predicted molar refractivity (Wildman–Crippen MR) is 101 cm³/mol. The highest BCUT2D eigenvalue weighted by Crippen LogP contribution is 2.22. The van der Waals surface area contributed by atoms with E-state index < -0.39 is 0 Å². The van der Waals surface area contributed by atoms with Crippen LogP contribution >= 0.6 is 33.9 Å². The zero-order valence-corrected chi connectivity index (χ0v) is 15.5. The number of nitrogens with one attached hydrogen (secondary N) is 1. The van der Waals surface area contributed by atoms with E-state index in [1.807, 2.05) is 41.8 Å². The quantitative estimate of drug-likeness (QED) is 0.738. The van der Waals surface area contributed by atoms with E-state index in [0.717, 1.165) is 33.5 Å². The van der Waals surface area contributed by atoms with Gasteiger partial charge in [0.05, 0.1) is 10.8 Å². The third-order valence-corrected chi connectivity index (χ3v) is 5.43. The molecule has 1 aromatic carbocycles. The second-order valence-corrected chi connectivity index (χ2v) is 7.76. The van der Waals surface area contributed by atoms with Crippen LogP contribution in [0.1, 0.15) is 22.5 Å². The number of likely N-dealkylation sites (tertiary alicyclic amines) is 1. The molecule has 2 amide bonds. The van der Waals surface area contributed by atoms with Crippen molar-refractivity contribution in [1.29, 1.82) is 0 Å². The summed E-state index contributed by atoms with van der Waals surface area (Å²) >= 11 is 3.67. The van der Waals surface area contributed by atoms with Crippen molar-refractivity contribution in [2.45, 2.75) is 12.8 Å². The number of thiophene rings is 1. The second-order valence-electron chi connectivity index (χ2n) is 5.57. The molecule has 1 aliphatic heterocycles. The summed E-state index contributed by atoms with van der Waals surface area (Å²) < 4.78 is 1.08. The first-order valence-electron chi connectivity index (χ1n) is 7.52. The average molecular weight is 440 g/mol. The molecule has 2 aromatic rings. The van der Waals surface area contributed by atoms with E-state index in [2.05, 4.69) is 27.9 Å². The third-order valence-electron chi connectivity index (χ3n) is 3.90. The molecular formula is C17H17IN2O2S. The Morgan fingerprint density at radius 1 is 1.26 bits per heavy atom. The summed E-state index contributed by atoms with van der Waals surface area (Å²) in [4.78, 5) is 27.5. The number of piperidine rings is 1. The van der Waals surface area contributed by atoms with Crippen molar-refractivity contribution >= 4 is 51.4 Å². The number of hydrogen-bond acceptors (Lipinski definition) is 3. The number of nitrogens with zero attached hydrogens (tertiary/aromatic N) is 1. The normalized spacial score (nSPS) is 17.8. The minimum Gasteiger partial charge on any atom is -0.337 e. The Morgan fingerprint density at radius 2 is 2.13 bits per heavy atom. The lowest BCUT2D eigenvalue weighted by Gasteiger charge is -2.31. The molecule has 0 spiro atoms. The average Bonchev–Trinajstić information content (AvgIpc) is 3.09. The van der Waals surface area contributed by atoms with Gasteiger partial charge >= 0.3 is 0 Å². The molecule has 1 unspecified atom stereocenters. The van der Waals surface area contributed by atoms with E-state index in [1.54, 1.807) is 4.90 Å². The van der Waals surface area contributed by atoms with Gasteiger partial charge in [-0.15, -0.1) is 11.3 Å². The summed E-state index contributed by atoms with van der Waals surface area (Å²) in [5.74, 6) is -0.118. The molecule has 1 saturated heterocycles. The number of rotatable bonds is 3. The second kappa shape index (κ2) is 7.44. The molecule has 0 aliphatic carbocycles. The van der Waals surface area contributed by atoms with Crippen LogP contribution in [-0.4, -0.2) is 29.8 Å². The van der Waals surface area contributed by atoms with E-state index in [4.69, 9.17) is 0 Å². The minimum absolute atomic E-state index is 0.00400. The van der Waals surface area contributed by atoms with Gasteiger partial charge in [0.15, 0.2) is 0 Å². The highest BCUT2D eigenvalue weighted by molar-refractivity contribution is 14.1. The largest absolute Gasteiger partial charge is 0.337 e. The lowest BCUT2D eigenvalue weighted by atomic mass is 9.97. The molecule has 6 heteroatoms. The van der Waals surface area contributed by atoms with Crippen LogP contribution in [-0.2, 0) is 4.79 Å². The Bertz CT molecular complexity index is 702. The summed E-state index contributed by atoms with van der Waals surface area (Å²) in [6, 6.07) is 11.4. The van der Waals surface area contributed by atoms with Gasteiger partial charge in [-0.1, -0.05) is 12.1 Å². The first-order chi connectivity index (χ1) is 11.1. The molecule has 0 saturated carbocycles. The first-order valence-corrected chi connectivity index (χ1v) is 9.48. The topological polar surface area (TPSA) is 49.4 Å². The van der Waals surface area contributed by atoms with Crippen molar-refractivity contribution in [3.8, 4) is 0 Å². The van der Waals surface area contributed by atoms with Crippen molar-refractivity contribution in [1.82, 2.24) is 4.90 Å². The molecule has 1 aliphatic rings. The Kier molecular flexibility index (Phi) is 5.32. The molecule has 1 atom stereocenters. The van der Waals surface area contributed by atoms with Gasteiger partial charge in [0, 0.05) is 22.3 Å². The van der Waals surface area contributed by atoms with Crippen LogP contribution in [0, 0.1) is 9.49 Å². The van der Waals surface area contributed by atoms with Gasteiger partial charge < -0.3 is 10.2 Å². The minimum atomic E-state index is -0.148. The van der Waals surface area contributed by atoms with E-state index in [0.29, 0.717) is 6.54 Å². The van der Waals surface area contributed by atoms with E-state index in [9.17, 15) is 9.59 Å². The van der Waals surface area contributed by atoms with Crippen LogP contribution in [0.25, 0.3) is 0 Å². The number of benzene rings is 1. The van der Waals surface area contributed by atoms with Gasteiger partial charge in [0.2, 0.25) is 5.91 Å². The molecule has 2 heterocycles. The van der Waals surface area contributed by atoms with Crippen LogP contribution in [0.2, 0.25) is 0 Å². The Balaban J connectivity index is 1.64. The Hall–Kier alpha value is -1.41. The molecule has 0 bridgehead atoms.